The Balaban J connectivity index is 0.00000180. The van der Waals surface area contributed by atoms with Crippen molar-refractivity contribution in [1.82, 2.24) is 10.6 Å². The third kappa shape index (κ3) is 6.29. The first-order valence-corrected chi connectivity index (χ1v) is 7.46. The summed E-state index contributed by atoms with van der Waals surface area (Å²) in [5.41, 5.74) is -0.555. The van der Waals surface area contributed by atoms with E-state index in [0.29, 0.717) is 6.54 Å². The quantitative estimate of drug-likeness (QED) is 0.389. The van der Waals surface area contributed by atoms with Crippen LogP contribution in [0, 0.1) is 5.92 Å². The van der Waals surface area contributed by atoms with Gasteiger partial charge in [-0.2, -0.15) is 0 Å². The van der Waals surface area contributed by atoms with Gasteiger partial charge in [-0.15, -0.1) is 24.0 Å². The second-order valence-corrected chi connectivity index (χ2v) is 5.80. The van der Waals surface area contributed by atoms with Gasteiger partial charge in [-0.1, -0.05) is 19.3 Å². The van der Waals surface area contributed by atoms with Crippen LogP contribution in [0.5, 0.6) is 0 Å². The molecule has 0 unspecified atom stereocenters. The predicted molar refractivity (Wildman–Crippen MR) is 90.2 cm³/mol. The molecule has 3 N–H and O–H groups in total. The van der Waals surface area contributed by atoms with E-state index in [9.17, 15) is 5.11 Å². The maximum absolute atomic E-state index is 10.4. The Bertz CT molecular complexity index is 286. The Hall–Kier alpha value is -0.0400. The Labute approximate surface area is 133 Å². The number of nitrogens with one attached hydrogen (secondary N) is 2. The Morgan fingerprint density at radius 3 is 2.47 bits per heavy atom. The van der Waals surface area contributed by atoms with Crippen LogP contribution in [0.25, 0.3) is 0 Å². The SMILES string of the molecule is CCNC(=NCC1(O)CCCCC1)NCC1CC1.I. The lowest BCUT2D eigenvalue weighted by Crippen LogP contribution is -2.41. The molecule has 0 aliphatic heterocycles. The minimum Gasteiger partial charge on any atom is -0.388 e. The van der Waals surface area contributed by atoms with E-state index in [-0.39, 0.29) is 24.0 Å². The standard InChI is InChI=1S/C14H27N3O.HI/c1-2-15-13(16-10-12-6-7-12)17-11-14(18)8-4-3-5-9-14;/h12,18H,2-11H2,1H3,(H2,15,16,17);1H. The van der Waals surface area contributed by atoms with Crippen molar-refractivity contribution in [2.75, 3.05) is 19.6 Å². The van der Waals surface area contributed by atoms with Crippen LogP contribution in [0.1, 0.15) is 51.9 Å². The first-order valence-electron chi connectivity index (χ1n) is 7.46. The van der Waals surface area contributed by atoms with Crippen molar-refractivity contribution < 1.29 is 5.11 Å². The minimum absolute atomic E-state index is 0. The highest BCUT2D eigenvalue weighted by molar-refractivity contribution is 14.0. The predicted octanol–water partition coefficient (Wildman–Crippen LogP) is 2.26. The average molecular weight is 381 g/mol. The van der Waals surface area contributed by atoms with Gasteiger partial charge in [0, 0.05) is 13.1 Å². The smallest absolute Gasteiger partial charge is 0.191 e. The summed E-state index contributed by atoms with van der Waals surface area (Å²) >= 11 is 0. The molecule has 2 aliphatic carbocycles. The molecule has 0 atom stereocenters. The third-order valence-corrected chi connectivity index (χ3v) is 3.92. The minimum atomic E-state index is -0.555. The molecule has 0 aromatic carbocycles. The number of halogens is 1. The molecule has 2 saturated carbocycles. The van der Waals surface area contributed by atoms with Gasteiger partial charge >= 0.3 is 0 Å². The molecule has 0 spiro atoms. The fourth-order valence-electron chi connectivity index (χ4n) is 2.50. The molecule has 0 radical (unpaired) electrons. The van der Waals surface area contributed by atoms with Gasteiger partial charge in [0.2, 0.25) is 0 Å². The summed E-state index contributed by atoms with van der Waals surface area (Å²) in [6, 6.07) is 0. The van der Waals surface area contributed by atoms with Crippen molar-refractivity contribution in [3.8, 4) is 0 Å². The summed E-state index contributed by atoms with van der Waals surface area (Å²) in [7, 11) is 0. The Morgan fingerprint density at radius 1 is 1.21 bits per heavy atom. The fraction of sp³-hybridized carbons (Fsp3) is 0.929. The molecule has 2 rings (SSSR count). The molecule has 0 amide bonds. The fourth-order valence-corrected chi connectivity index (χ4v) is 2.50. The van der Waals surface area contributed by atoms with Crippen LogP contribution in [-0.4, -0.2) is 36.3 Å². The van der Waals surface area contributed by atoms with E-state index >= 15 is 0 Å². The number of guanidine groups is 1. The van der Waals surface area contributed by atoms with Crippen LogP contribution < -0.4 is 10.6 Å². The summed E-state index contributed by atoms with van der Waals surface area (Å²) in [5.74, 6) is 1.70. The summed E-state index contributed by atoms with van der Waals surface area (Å²) in [6.45, 7) is 4.50. The molecule has 5 heteroatoms. The average Bonchev–Trinajstić information content (AvgIpc) is 3.18. The highest BCUT2D eigenvalue weighted by atomic mass is 127. The molecule has 112 valence electrons. The molecule has 0 aromatic heterocycles. The summed E-state index contributed by atoms with van der Waals surface area (Å²) in [6.07, 6.45) is 8.02. The zero-order valence-electron chi connectivity index (χ0n) is 12.0. The molecular formula is C14H28IN3O. The van der Waals surface area contributed by atoms with E-state index in [4.69, 9.17) is 0 Å². The number of aliphatic hydroxyl groups is 1. The summed E-state index contributed by atoms with van der Waals surface area (Å²) in [5, 5.41) is 17.0. The molecule has 0 saturated heterocycles. The summed E-state index contributed by atoms with van der Waals surface area (Å²) < 4.78 is 0. The highest BCUT2D eigenvalue weighted by Gasteiger charge is 2.29. The van der Waals surface area contributed by atoms with Gasteiger partial charge in [-0.25, -0.2) is 0 Å². The number of hydrogen-bond acceptors (Lipinski definition) is 2. The lowest BCUT2D eigenvalue weighted by Gasteiger charge is -2.30. The van der Waals surface area contributed by atoms with Gasteiger partial charge < -0.3 is 15.7 Å². The third-order valence-electron chi connectivity index (χ3n) is 3.92. The summed E-state index contributed by atoms with van der Waals surface area (Å²) in [4.78, 5) is 4.55. The highest BCUT2D eigenvalue weighted by Crippen LogP contribution is 2.28. The van der Waals surface area contributed by atoms with Crippen molar-refractivity contribution in [1.29, 1.82) is 0 Å². The number of hydrogen-bond donors (Lipinski definition) is 3. The lowest BCUT2D eigenvalue weighted by molar-refractivity contribution is 0.0131. The van der Waals surface area contributed by atoms with E-state index in [1.165, 1.54) is 19.3 Å². The molecule has 0 aromatic rings. The first-order chi connectivity index (χ1) is 8.72. The van der Waals surface area contributed by atoms with E-state index in [2.05, 4.69) is 22.5 Å². The van der Waals surface area contributed by atoms with Crippen molar-refractivity contribution in [2.45, 2.75) is 57.5 Å². The van der Waals surface area contributed by atoms with Gasteiger partial charge in [0.1, 0.15) is 0 Å². The van der Waals surface area contributed by atoms with Crippen LogP contribution in [0.4, 0.5) is 0 Å². The molecular weight excluding hydrogens is 353 g/mol. The van der Waals surface area contributed by atoms with Crippen LogP contribution >= 0.6 is 24.0 Å². The molecule has 0 heterocycles. The number of aliphatic imine (C=N–C) groups is 1. The van der Waals surface area contributed by atoms with E-state index < -0.39 is 5.60 Å². The molecule has 4 nitrogen and oxygen atoms in total. The van der Waals surface area contributed by atoms with Gasteiger partial charge in [0.05, 0.1) is 12.1 Å². The number of rotatable bonds is 5. The number of nitrogens with zero attached hydrogens (tertiary/aromatic N) is 1. The molecule has 19 heavy (non-hydrogen) atoms. The van der Waals surface area contributed by atoms with Gasteiger partial charge in [0.25, 0.3) is 0 Å². The lowest BCUT2D eigenvalue weighted by atomic mass is 9.85. The van der Waals surface area contributed by atoms with Crippen LogP contribution in [0.3, 0.4) is 0 Å². The maximum Gasteiger partial charge on any atom is 0.191 e. The van der Waals surface area contributed by atoms with E-state index in [1.54, 1.807) is 0 Å². The Morgan fingerprint density at radius 2 is 1.89 bits per heavy atom. The first kappa shape index (κ1) is 17.0. The van der Waals surface area contributed by atoms with Crippen LogP contribution in [0.15, 0.2) is 4.99 Å². The van der Waals surface area contributed by atoms with Crippen LogP contribution in [0.2, 0.25) is 0 Å². The van der Waals surface area contributed by atoms with Gasteiger partial charge in [-0.3, -0.25) is 4.99 Å². The largest absolute Gasteiger partial charge is 0.388 e. The second kappa shape index (κ2) is 8.29. The topological polar surface area (TPSA) is 56.7 Å². The van der Waals surface area contributed by atoms with Crippen molar-refractivity contribution >= 4 is 29.9 Å². The second-order valence-electron chi connectivity index (χ2n) is 5.80. The zero-order chi connectivity index (χ0) is 12.8. The van der Waals surface area contributed by atoms with E-state index in [0.717, 1.165) is 50.7 Å². The zero-order valence-corrected chi connectivity index (χ0v) is 14.3. The normalized spacial score (nSPS) is 22.5. The maximum atomic E-state index is 10.4. The van der Waals surface area contributed by atoms with Crippen molar-refractivity contribution in [3.05, 3.63) is 0 Å². The molecule has 2 fully saturated rings. The monoisotopic (exact) mass is 381 g/mol. The Kier molecular flexibility index (Phi) is 7.42. The van der Waals surface area contributed by atoms with Gasteiger partial charge in [0.15, 0.2) is 5.96 Å². The molecule has 2 aliphatic rings. The van der Waals surface area contributed by atoms with Crippen LogP contribution in [-0.2, 0) is 0 Å². The van der Waals surface area contributed by atoms with E-state index in [1.807, 2.05) is 0 Å². The van der Waals surface area contributed by atoms with Crippen molar-refractivity contribution in [3.63, 3.8) is 0 Å². The van der Waals surface area contributed by atoms with Crippen molar-refractivity contribution in [2.24, 2.45) is 10.9 Å². The molecule has 0 bridgehead atoms. The van der Waals surface area contributed by atoms with Gasteiger partial charge in [-0.05, 0) is 38.5 Å².